The highest BCUT2D eigenvalue weighted by Crippen LogP contribution is 2.35. The number of rotatable bonds is 6. The first kappa shape index (κ1) is 23.9. The number of benzene rings is 3. The zero-order valence-electron chi connectivity index (χ0n) is 17.9. The number of nitriles is 2. The Bertz CT molecular complexity index is 1310. The third-order valence-electron chi connectivity index (χ3n) is 5.06. The molecular formula is C26H19Cl2N3O2. The Morgan fingerprint density at radius 1 is 1.06 bits per heavy atom. The van der Waals surface area contributed by atoms with E-state index in [1.165, 1.54) is 6.08 Å². The summed E-state index contributed by atoms with van der Waals surface area (Å²) in [6.07, 6.45) is 1.41. The molecule has 3 rings (SSSR count). The number of aryl methyl sites for hydroxylation is 1. The summed E-state index contributed by atoms with van der Waals surface area (Å²) in [5.74, 6) is -0.284. The normalized spacial score (nSPS) is 10.8. The van der Waals surface area contributed by atoms with Crippen molar-refractivity contribution in [2.24, 2.45) is 0 Å². The lowest BCUT2D eigenvalue weighted by Gasteiger charge is -2.12. The van der Waals surface area contributed by atoms with Crippen LogP contribution in [0.5, 0.6) is 5.75 Å². The fourth-order valence-corrected chi connectivity index (χ4v) is 3.71. The number of carbonyl (C=O) groups excluding carboxylic acids is 1. The van der Waals surface area contributed by atoms with Crippen molar-refractivity contribution < 1.29 is 9.53 Å². The van der Waals surface area contributed by atoms with Crippen molar-refractivity contribution in [2.75, 3.05) is 5.32 Å². The molecule has 1 amide bonds. The zero-order chi connectivity index (χ0) is 24.0. The number of ether oxygens (including phenoxy) is 1. The molecule has 0 fully saturated rings. The van der Waals surface area contributed by atoms with Crippen LogP contribution in [-0.4, -0.2) is 5.91 Å². The van der Waals surface area contributed by atoms with E-state index in [0.29, 0.717) is 22.4 Å². The average molecular weight is 476 g/mol. The fourth-order valence-electron chi connectivity index (χ4n) is 3.10. The summed E-state index contributed by atoms with van der Waals surface area (Å²) in [5.41, 5.74) is 4.17. The van der Waals surface area contributed by atoms with Crippen LogP contribution in [0.25, 0.3) is 6.08 Å². The van der Waals surface area contributed by atoms with Crippen molar-refractivity contribution in [3.05, 3.63) is 98.0 Å². The molecule has 33 heavy (non-hydrogen) atoms. The van der Waals surface area contributed by atoms with E-state index < -0.39 is 5.91 Å². The van der Waals surface area contributed by atoms with Gasteiger partial charge in [-0.25, -0.2) is 0 Å². The quantitative estimate of drug-likeness (QED) is 0.321. The van der Waals surface area contributed by atoms with Gasteiger partial charge >= 0.3 is 0 Å². The summed E-state index contributed by atoms with van der Waals surface area (Å²) in [6.45, 7) is 3.95. The van der Waals surface area contributed by atoms with Crippen molar-refractivity contribution in [2.45, 2.75) is 20.5 Å². The van der Waals surface area contributed by atoms with E-state index in [4.69, 9.17) is 27.9 Å². The van der Waals surface area contributed by atoms with Gasteiger partial charge in [0.2, 0.25) is 0 Å². The second-order valence-corrected chi connectivity index (χ2v) is 8.06. The van der Waals surface area contributed by atoms with Crippen molar-refractivity contribution >= 4 is 40.9 Å². The largest absolute Gasteiger partial charge is 0.486 e. The van der Waals surface area contributed by atoms with Crippen LogP contribution >= 0.6 is 23.2 Å². The minimum absolute atomic E-state index is 0.0975. The Morgan fingerprint density at radius 2 is 1.76 bits per heavy atom. The van der Waals surface area contributed by atoms with Gasteiger partial charge in [0.15, 0.2) is 5.75 Å². The summed E-state index contributed by atoms with van der Waals surface area (Å²) < 4.78 is 5.75. The highest BCUT2D eigenvalue weighted by atomic mass is 35.5. The van der Waals surface area contributed by atoms with Gasteiger partial charge < -0.3 is 10.1 Å². The van der Waals surface area contributed by atoms with Crippen LogP contribution in [0.4, 0.5) is 5.69 Å². The van der Waals surface area contributed by atoms with Crippen LogP contribution in [0.2, 0.25) is 10.0 Å². The summed E-state index contributed by atoms with van der Waals surface area (Å²) in [6, 6.07) is 19.8. The molecule has 0 aliphatic rings. The average Bonchev–Trinajstić information content (AvgIpc) is 2.80. The van der Waals surface area contributed by atoms with E-state index in [0.717, 1.165) is 11.1 Å². The van der Waals surface area contributed by atoms with E-state index in [9.17, 15) is 15.3 Å². The maximum atomic E-state index is 12.6. The number of amides is 1. The summed E-state index contributed by atoms with van der Waals surface area (Å²) in [5, 5.41) is 21.9. The minimum atomic E-state index is -0.535. The van der Waals surface area contributed by atoms with Crippen molar-refractivity contribution in [1.29, 1.82) is 10.5 Å². The molecule has 0 saturated heterocycles. The molecular weight excluding hydrogens is 457 g/mol. The third kappa shape index (κ3) is 5.73. The monoisotopic (exact) mass is 475 g/mol. The maximum Gasteiger partial charge on any atom is 0.266 e. The number of nitrogens with zero attached hydrogens (tertiary/aromatic N) is 2. The van der Waals surface area contributed by atoms with Gasteiger partial charge in [-0.15, -0.1) is 0 Å². The van der Waals surface area contributed by atoms with E-state index >= 15 is 0 Å². The lowest BCUT2D eigenvalue weighted by atomic mass is 10.1. The Kier molecular flexibility index (Phi) is 7.74. The van der Waals surface area contributed by atoms with E-state index in [2.05, 4.69) is 11.4 Å². The van der Waals surface area contributed by atoms with Crippen molar-refractivity contribution in [1.82, 2.24) is 0 Å². The first-order chi connectivity index (χ1) is 15.8. The van der Waals surface area contributed by atoms with Gasteiger partial charge in [0.05, 0.1) is 21.7 Å². The Morgan fingerprint density at radius 3 is 2.42 bits per heavy atom. The molecule has 7 heteroatoms. The summed E-state index contributed by atoms with van der Waals surface area (Å²) in [7, 11) is 0. The number of carbonyl (C=O) groups is 1. The van der Waals surface area contributed by atoms with Crippen LogP contribution in [0.1, 0.15) is 27.8 Å². The van der Waals surface area contributed by atoms with Crippen LogP contribution in [0, 0.1) is 36.5 Å². The third-order valence-corrected chi connectivity index (χ3v) is 5.62. The van der Waals surface area contributed by atoms with Gasteiger partial charge in [0, 0.05) is 11.3 Å². The smallest absolute Gasteiger partial charge is 0.266 e. The molecule has 3 aromatic carbocycles. The molecule has 1 N–H and O–H groups in total. The molecule has 164 valence electrons. The fraction of sp³-hybridized carbons (Fsp3) is 0.115. The standard InChI is InChI=1S/C26H19Cl2N3O2/c1-16-6-5-9-24(17(16)2)31-26(32)21(14-30)10-18-11-22(27)25(23(28)12-18)33-15-20-8-4-3-7-19(20)13-29/h3-12H,15H2,1-2H3,(H,31,32)/b21-10+. The number of hydrogen-bond donors (Lipinski definition) is 1. The lowest BCUT2D eigenvalue weighted by molar-refractivity contribution is -0.112. The van der Waals surface area contributed by atoms with Gasteiger partial charge in [-0.3, -0.25) is 4.79 Å². The Labute approximate surface area is 202 Å². The van der Waals surface area contributed by atoms with Gasteiger partial charge in [0.1, 0.15) is 18.2 Å². The minimum Gasteiger partial charge on any atom is -0.486 e. The zero-order valence-corrected chi connectivity index (χ0v) is 19.5. The van der Waals surface area contributed by atoms with Gasteiger partial charge in [-0.2, -0.15) is 10.5 Å². The molecule has 0 atom stereocenters. The predicted octanol–water partition coefficient (Wildman–Crippen LogP) is 6.61. The highest BCUT2D eigenvalue weighted by Gasteiger charge is 2.14. The predicted molar refractivity (Wildman–Crippen MR) is 130 cm³/mol. The molecule has 0 spiro atoms. The van der Waals surface area contributed by atoms with Crippen LogP contribution in [0.3, 0.4) is 0 Å². The maximum absolute atomic E-state index is 12.6. The molecule has 0 bridgehead atoms. The molecule has 0 aliphatic heterocycles. The van der Waals surface area contributed by atoms with Crippen LogP contribution < -0.4 is 10.1 Å². The lowest BCUT2D eigenvalue weighted by Crippen LogP contribution is -2.14. The van der Waals surface area contributed by atoms with E-state index in [1.54, 1.807) is 36.4 Å². The van der Waals surface area contributed by atoms with Crippen molar-refractivity contribution in [3.63, 3.8) is 0 Å². The van der Waals surface area contributed by atoms with Crippen LogP contribution in [0.15, 0.2) is 60.2 Å². The van der Waals surface area contributed by atoms with E-state index in [-0.39, 0.29) is 28.0 Å². The number of hydrogen-bond acceptors (Lipinski definition) is 4. The summed E-state index contributed by atoms with van der Waals surface area (Å²) in [4.78, 5) is 12.6. The van der Waals surface area contributed by atoms with Gasteiger partial charge in [-0.05, 0) is 60.9 Å². The number of halogens is 2. The molecule has 0 saturated carbocycles. The van der Waals surface area contributed by atoms with E-state index in [1.807, 2.05) is 38.1 Å². The number of nitrogens with one attached hydrogen (secondary N) is 1. The first-order valence-corrected chi connectivity index (χ1v) is 10.7. The second kappa shape index (κ2) is 10.7. The highest BCUT2D eigenvalue weighted by molar-refractivity contribution is 6.37. The second-order valence-electron chi connectivity index (χ2n) is 7.24. The number of anilines is 1. The molecule has 0 aliphatic carbocycles. The van der Waals surface area contributed by atoms with Crippen LogP contribution in [-0.2, 0) is 11.4 Å². The summed E-state index contributed by atoms with van der Waals surface area (Å²) >= 11 is 12.7. The van der Waals surface area contributed by atoms with Gasteiger partial charge in [-0.1, -0.05) is 53.5 Å². The molecule has 0 heterocycles. The SMILES string of the molecule is Cc1cccc(NC(=O)/C(C#N)=C/c2cc(Cl)c(OCc3ccccc3C#N)c(Cl)c2)c1C. The van der Waals surface area contributed by atoms with Gasteiger partial charge in [0.25, 0.3) is 5.91 Å². The first-order valence-electron chi connectivity index (χ1n) is 9.93. The van der Waals surface area contributed by atoms with Crippen molar-refractivity contribution in [3.8, 4) is 17.9 Å². The topological polar surface area (TPSA) is 85.9 Å². The molecule has 0 radical (unpaired) electrons. The molecule has 5 nitrogen and oxygen atoms in total. The molecule has 3 aromatic rings. The molecule has 0 aromatic heterocycles. The Hall–Kier alpha value is -3.77. The molecule has 0 unspecified atom stereocenters. The Balaban J connectivity index is 1.81.